The maximum Gasteiger partial charge on any atom is 0.234 e. The lowest BCUT2D eigenvalue weighted by molar-refractivity contribution is -0.207. The molecule has 0 spiro atoms. The molecule has 4 aromatic rings. The van der Waals surface area contributed by atoms with E-state index in [9.17, 15) is 5.11 Å². The molecule has 5 rings (SSSR count). The Balaban J connectivity index is 1.32. The van der Waals surface area contributed by atoms with Gasteiger partial charge in [0, 0.05) is 19.2 Å². The zero-order valence-electron chi connectivity index (χ0n) is 17.8. The lowest BCUT2D eigenvalue weighted by Gasteiger charge is -2.23. The fourth-order valence-electron chi connectivity index (χ4n) is 4.02. The molecular formula is C24H25N5O3. The van der Waals surface area contributed by atoms with Crippen LogP contribution in [-0.4, -0.2) is 44.4 Å². The van der Waals surface area contributed by atoms with Gasteiger partial charge in [0.25, 0.3) is 0 Å². The number of hydrogen-bond acceptors (Lipinski definition) is 7. The molecule has 0 bridgehead atoms. The molecule has 1 fully saturated rings. The van der Waals surface area contributed by atoms with Crippen molar-refractivity contribution in [3.63, 3.8) is 0 Å². The fraction of sp³-hybridized carbons (Fsp3) is 0.292. The molecule has 32 heavy (non-hydrogen) atoms. The number of para-hydroxylation sites is 1. The van der Waals surface area contributed by atoms with Crippen LogP contribution in [-0.2, 0) is 21.9 Å². The Bertz CT molecular complexity index is 1180. The van der Waals surface area contributed by atoms with Crippen LogP contribution in [0.2, 0.25) is 0 Å². The minimum atomic E-state index is -1.46. The maximum atomic E-state index is 11.3. The van der Waals surface area contributed by atoms with Crippen molar-refractivity contribution in [3.05, 3.63) is 84.3 Å². The summed E-state index contributed by atoms with van der Waals surface area (Å²) in [7, 11) is 1.92. The van der Waals surface area contributed by atoms with E-state index in [2.05, 4.69) is 15.1 Å². The molecule has 2 unspecified atom stereocenters. The van der Waals surface area contributed by atoms with E-state index in [0.29, 0.717) is 43.2 Å². The van der Waals surface area contributed by atoms with Crippen LogP contribution in [0.1, 0.15) is 24.0 Å². The molecule has 3 heterocycles. The number of ether oxygens (including phenoxy) is 2. The van der Waals surface area contributed by atoms with E-state index in [1.165, 1.54) is 6.33 Å². The molecule has 1 saturated heterocycles. The van der Waals surface area contributed by atoms with Gasteiger partial charge in [-0.1, -0.05) is 48.5 Å². The third-order valence-corrected chi connectivity index (χ3v) is 5.73. The van der Waals surface area contributed by atoms with Gasteiger partial charge in [-0.15, -0.1) is 0 Å². The lowest BCUT2D eigenvalue weighted by Crippen LogP contribution is -2.27. The van der Waals surface area contributed by atoms with Gasteiger partial charge in [-0.05, 0) is 24.1 Å². The highest BCUT2D eigenvalue weighted by Gasteiger charge is 2.42. The number of benzene rings is 2. The Hall–Kier alpha value is -3.33. The van der Waals surface area contributed by atoms with Gasteiger partial charge in [0.2, 0.25) is 5.95 Å². The van der Waals surface area contributed by atoms with Crippen molar-refractivity contribution in [1.29, 1.82) is 0 Å². The summed E-state index contributed by atoms with van der Waals surface area (Å²) < 4.78 is 13.5. The molecule has 0 aliphatic carbocycles. The summed E-state index contributed by atoms with van der Waals surface area (Å²) >= 11 is 0. The number of hydrogen-bond donors (Lipinski definition) is 1. The van der Waals surface area contributed by atoms with Gasteiger partial charge < -0.3 is 19.5 Å². The molecule has 164 valence electrons. The number of nitrogens with zero attached hydrogens (tertiary/aromatic N) is 5. The minimum absolute atomic E-state index is 0.202. The Morgan fingerprint density at radius 3 is 2.66 bits per heavy atom. The lowest BCUT2D eigenvalue weighted by atomic mass is 10.1. The van der Waals surface area contributed by atoms with Gasteiger partial charge in [0.15, 0.2) is 11.4 Å². The molecule has 8 nitrogen and oxygen atoms in total. The first-order valence-corrected chi connectivity index (χ1v) is 10.6. The second-order valence-electron chi connectivity index (χ2n) is 7.93. The highest BCUT2D eigenvalue weighted by Crippen LogP contribution is 2.39. The molecule has 0 saturated carbocycles. The fourth-order valence-corrected chi connectivity index (χ4v) is 4.02. The molecule has 8 heteroatoms. The number of anilines is 2. The topological polar surface area (TPSA) is 85.0 Å². The first kappa shape index (κ1) is 20.6. The largest absolute Gasteiger partial charge is 0.374 e. The van der Waals surface area contributed by atoms with Gasteiger partial charge in [-0.3, -0.25) is 0 Å². The van der Waals surface area contributed by atoms with Gasteiger partial charge >= 0.3 is 0 Å². The van der Waals surface area contributed by atoms with Crippen molar-refractivity contribution < 1.29 is 14.6 Å². The molecule has 1 aliphatic rings. The number of aromatic nitrogens is 4. The Morgan fingerprint density at radius 1 is 1.12 bits per heavy atom. The summed E-state index contributed by atoms with van der Waals surface area (Å²) in [5.41, 5.74) is 3.13. The minimum Gasteiger partial charge on any atom is -0.374 e. The Kier molecular flexibility index (Phi) is 5.57. The highest BCUT2D eigenvalue weighted by atomic mass is 16.6. The van der Waals surface area contributed by atoms with E-state index < -0.39 is 5.79 Å². The monoisotopic (exact) mass is 431 g/mol. The molecule has 2 atom stereocenters. The van der Waals surface area contributed by atoms with Crippen molar-refractivity contribution >= 4 is 17.3 Å². The van der Waals surface area contributed by atoms with Crippen LogP contribution in [0, 0.1) is 0 Å². The summed E-state index contributed by atoms with van der Waals surface area (Å²) in [5, 5.41) is 15.7. The Labute approximate surface area is 186 Å². The van der Waals surface area contributed by atoms with E-state index in [4.69, 9.17) is 9.47 Å². The average Bonchev–Trinajstić information content (AvgIpc) is 3.44. The van der Waals surface area contributed by atoms with Crippen LogP contribution < -0.4 is 4.90 Å². The molecule has 1 N–H and O–H groups in total. The Morgan fingerprint density at radius 2 is 1.88 bits per heavy atom. The third kappa shape index (κ3) is 3.95. The number of rotatable bonds is 7. The third-order valence-electron chi connectivity index (χ3n) is 5.73. The second-order valence-corrected chi connectivity index (χ2v) is 7.93. The first-order chi connectivity index (χ1) is 15.6. The van der Waals surface area contributed by atoms with Crippen molar-refractivity contribution in [2.75, 3.05) is 18.6 Å². The predicted molar refractivity (Wildman–Crippen MR) is 119 cm³/mol. The molecule has 2 aromatic heterocycles. The van der Waals surface area contributed by atoms with E-state index in [1.54, 1.807) is 10.7 Å². The van der Waals surface area contributed by atoms with Crippen LogP contribution in [0.25, 0.3) is 5.65 Å². The first-order valence-electron chi connectivity index (χ1n) is 10.6. The van der Waals surface area contributed by atoms with Gasteiger partial charge in [-0.25, -0.2) is 9.97 Å². The summed E-state index contributed by atoms with van der Waals surface area (Å²) in [6.07, 6.45) is 4.02. The molecule has 2 aromatic carbocycles. The highest BCUT2D eigenvalue weighted by molar-refractivity contribution is 5.60. The van der Waals surface area contributed by atoms with E-state index in [1.807, 2.05) is 72.6 Å². The SMILES string of the molecule is CN(c1ccccc1)c1ncnc2c(C3(O)CCC(COCc4ccccc4)O3)cnn12. The quantitative estimate of drug-likeness (QED) is 0.480. The normalized spacial score (nSPS) is 20.6. The van der Waals surface area contributed by atoms with Crippen molar-refractivity contribution in [1.82, 2.24) is 19.6 Å². The van der Waals surface area contributed by atoms with E-state index in [0.717, 1.165) is 11.3 Å². The van der Waals surface area contributed by atoms with Crippen LogP contribution in [0.15, 0.2) is 73.2 Å². The molecule has 0 amide bonds. The molecule has 1 aliphatic heterocycles. The van der Waals surface area contributed by atoms with Crippen LogP contribution in [0.4, 0.5) is 11.6 Å². The average molecular weight is 431 g/mol. The maximum absolute atomic E-state index is 11.3. The number of fused-ring (bicyclic) bond motifs is 1. The van der Waals surface area contributed by atoms with Crippen molar-refractivity contribution in [2.24, 2.45) is 0 Å². The second kappa shape index (κ2) is 8.66. The smallest absolute Gasteiger partial charge is 0.234 e. The summed E-state index contributed by atoms with van der Waals surface area (Å²) in [4.78, 5) is 10.7. The molecule has 0 radical (unpaired) electrons. The van der Waals surface area contributed by atoms with E-state index >= 15 is 0 Å². The van der Waals surface area contributed by atoms with Crippen molar-refractivity contribution in [3.8, 4) is 0 Å². The van der Waals surface area contributed by atoms with Gasteiger partial charge in [0.1, 0.15) is 6.33 Å². The number of aliphatic hydroxyl groups is 1. The zero-order chi connectivity index (χ0) is 22.0. The summed E-state index contributed by atoms with van der Waals surface area (Å²) in [6, 6.07) is 19.9. The van der Waals surface area contributed by atoms with E-state index in [-0.39, 0.29) is 6.10 Å². The van der Waals surface area contributed by atoms with Crippen LogP contribution >= 0.6 is 0 Å². The van der Waals surface area contributed by atoms with Crippen molar-refractivity contribution in [2.45, 2.75) is 31.3 Å². The van der Waals surface area contributed by atoms with Gasteiger partial charge in [-0.2, -0.15) is 9.61 Å². The standard InChI is InChI=1S/C24H25N5O3/c1-28(19-10-6-3-7-11-19)23-26-17-25-22-21(14-27-29(22)23)24(30)13-12-20(32-24)16-31-15-18-8-4-2-5-9-18/h2-11,14,17,20,30H,12-13,15-16H2,1H3. The zero-order valence-corrected chi connectivity index (χ0v) is 17.8. The predicted octanol–water partition coefficient (Wildman–Crippen LogP) is 3.43. The van der Waals surface area contributed by atoms with Crippen LogP contribution in [0.3, 0.4) is 0 Å². The summed E-state index contributed by atoms with van der Waals surface area (Å²) in [6.45, 7) is 0.922. The summed E-state index contributed by atoms with van der Waals surface area (Å²) in [5.74, 6) is -0.865. The van der Waals surface area contributed by atoms with Crippen LogP contribution in [0.5, 0.6) is 0 Å². The molecular weight excluding hydrogens is 406 g/mol. The van der Waals surface area contributed by atoms with Gasteiger partial charge in [0.05, 0.1) is 31.1 Å².